The number of carbonyl (C=O) groups excluding carboxylic acids is 1. The zero-order valence-corrected chi connectivity index (χ0v) is 13.1. The molecule has 2 aromatic carbocycles. The summed E-state index contributed by atoms with van der Waals surface area (Å²) in [5, 5.41) is 5.83. The van der Waals surface area contributed by atoms with E-state index in [2.05, 4.69) is 10.3 Å². The van der Waals surface area contributed by atoms with Gasteiger partial charge in [0.1, 0.15) is 5.01 Å². The van der Waals surface area contributed by atoms with Gasteiger partial charge < -0.3 is 5.32 Å². The Morgan fingerprint density at radius 2 is 1.82 bits per heavy atom. The Hall–Kier alpha value is -2.46. The lowest BCUT2D eigenvalue weighted by molar-refractivity contribution is 0.0951. The lowest BCUT2D eigenvalue weighted by Crippen LogP contribution is -2.22. The number of aromatic nitrogens is 1. The van der Waals surface area contributed by atoms with Gasteiger partial charge in [-0.3, -0.25) is 4.79 Å². The molecule has 1 aromatic heterocycles. The van der Waals surface area contributed by atoms with Gasteiger partial charge in [0.05, 0.1) is 12.2 Å². The minimum atomic E-state index is -0.0727. The molecule has 4 heteroatoms. The first-order chi connectivity index (χ1) is 10.7. The standard InChI is InChI=1S/C18H16N2OS/c1-13-7-9-15(10-8-13)18(21)19-11-17-20-16(12-22-17)14-5-3-2-4-6-14/h2-10,12H,11H2,1H3,(H,19,21). The van der Waals surface area contributed by atoms with Crippen LogP contribution in [0.2, 0.25) is 0 Å². The molecule has 3 nitrogen and oxygen atoms in total. The molecule has 0 saturated carbocycles. The van der Waals surface area contributed by atoms with Crippen molar-refractivity contribution in [3.8, 4) is 11.3 Å². The number of hydrogen-bond donors (Lipinski definition) is 1. The van der Waals surface area contributed by atoms with Gasteiger partial charge in [0.25, 0.3) is 5.91 Å². The van der Waals surface area contributed by atoms with Gasteiger partial charge in [-0.1, -0.05) is 48.0 Å². The van der Waals surface area contributed by atoms with Crippen molar-refractivity contribution in [2.75, 3.05) is 0 Å². The molecule has 0 aliphatic carbocycles. The second-order valence-corrected chi connectivity index (χ2v) is 5.98. The average Bonchev–Trinajstić information content (AvgIpc) is 3.03. The minimum Gasteiger partial charge on any atom is -0.346 e. The molecule has 0 unspecified atom stereocenters. The van der Waals surface area contributed by atoms with Crippen LogP contribution in [0.3, 0.4) is 0 Å². The van der Waals surface area contributed by atoms with E-state index in [1.165, 1.54) is 0 Å². The Labute approximate surface area is 133 Å². The van der Waals surface area contributed by atoms with Crippen molar-refractivity contribution in [1.82, 2.24) is 10.3 Å². The maximum absolute atomic E-state index is 12.1. The van der Waals surface area contributed by atoms with Crippen LogP contribution < -0.4 is 5.32 Å². The van der Waals surface area contributed by atoms with Crippen LogP contribution >= 0.6 is 11.3 Å². The summed E-state index contributed by atoms with van der Waals surface area (Å²) < 4.78 is 0. The highest BCUT2D eigenvalue weighted by Crippen LogP contribution is 2.21. The zero-order valence-electron chi connectivity index (χ0n) is 12.2. The summed E-state index contributed by atoms with van der Waals surface area (Å²) in [7, 11) is 0. The third kappa shape index (κ3) is 3.40. The monoisotopic (exact) mass is 308 g/mol. The molecule has 0 aliphatic heterocycles. The second-order valence-electron chi connectivity index (χ2n) is 5.04. The number of rotatable bonds is 4. The highest BCUT2D eigenvalue weighted by Gasteiger charge is 2.08. The summed E-state index contributed by atoms with van der Waals surface area (Å²) in [5.41, 5.74) is 3.86. The molecule has 0 atom stereocenters. The van der Waals surface area contributed by atoms with Gasteiger partial charge in [-0.2, -0.15) is 0 Å². The number of aryl methyl sites for hydroxylation is 1. The van der Waals surface area contributed by atoms with Crippen LogP contribution in [0, 0.1) is 6.92 Å². The summed E-state index contributed by atoms with van der Waals surface area (Å²) in [6.07, 6.45) is 0. The zero-order chi connectivity index (χ0) is 15.4. The van der Waals surface area contributed by atoms with Crippen LogP contribution in [0.25, 0.3) is 11.3 Å². The van der Waals surface area contributed by atoms with E-state index in [1.807, 2.05) is 66.9 Å². The van der Waals surface area contributed by atoms with Gasteiger partial charge in [0.15, 0.2) is 0 Å². The number of nitrogens with zero attached hydrogens (tertiary/aromatic N) is 1. The van der Waals surface area contributed by atoms with Crippen LogP contribution in [0.1, 0.15) is 20.9 Å². The van der Waals surface area contributed by atoms with Crippen molar-refractivity contribution in [3.05, 3.63) is 76.1 Å². The van der Waals surface area contributed by atoms with Gasteiger partial charge in [-0.05, 0) is 19.1 Å². The highest BCUT2D eigenvalue weighted by atomic mass is 32.1. The Balaban J connectivity index is 1.64. The van der Waals surface area contributed by atoms with E-state index >= 15 is 0 Å². The molecule has 1 heterocycles. The van der Waals surface area contributed by atoms with E-state index in [-0.39, 0.29) is 5.91 Å². The number of thiazole rings is 1. The van der Waals surface area contributed by atoms with Gasteiger partial charge in [-0.25, -0.2) is 4.98 Å². The van der Waals surface area contributed by atoms with E-state index in [9.17, 15) is 4.79 Å². The first-order valence-electron chi connectivity index (χ1n) is 7.07. The lowest BCUT2D eigenvalue weighted by Gasteiger charge is -2.03. The number of hydrogen-bond acceptors (Lipinski definition) is 3. The Kier molecular flexibility index (Phi) is 4.30. The maximum Gasteiger partial charge on any atom is 0.251 e. The summed E-state index contributed by atoms with van der Waals surface area (Å²) in [4.78, 5) is 16.6. The smallest absolute Gasteiger partial charge is 0.251 e. The predicted octanol–water partition coefficient (Wildman–Crippen LogP) is 4.05. The first kappa shape index (κ1) is 14.5. The van der Waals surface area contributed by atoms with Crippen LogP contribution in [0.15, 0.2) is 60.0 Å². The molecule has 0 saturated heterocycles. The molecule has 0 spiro atoms. The van der Waals surface area contributed by atoms with E-state index in [4.69, 9.17) is 0 Å². The fourth-order valence-corrected chi connectivity index (χ4v) is 2.84. The summed E-state index contributed by atoms with van der Waals surface area (Å²) in [6.45, 7) is 2.45. The van der Waals surface area contributed by atoms with E-state index in [1.54, 1.807) is 11.3 Å². The fourth-order valence-electron chi connectivity index (χ4n) is 2.10. The number of nitrogens with one attached hydrogen (secondary N) is 1. The van der Waals surface area contributed by atoms with Crippen LogP contribution in [-0.2, 0) is 6.54 Å². The molecule has 0 fully saturated rings. The third-order valence-corrected chi connectivity index (χ3v) is 4.18. The van der Waals surface area contributed by atoms with E-state index in [0.29, 0.717) is 12.1 Å². The van der Waals surface area contributed by atoms with Crippen molar-refractivity contribution < 1.29 is 4.79 Å². The van der Waals surface area contributed by atoms with E-state index in [0.717, 1.165) is 21.8 Å². The van der Waals surface area contributed by atoms with Gasteiger partial charge in [0, 0.05) is 16.5 Å². The molecular formula is C18H16N2OS. The minimum absolute atomic E-state index is 0.0727. The van der Waals surface area contributed by atoms with Crippen LogP contribution in [0.5, 0.6) is 0 Å². The van der Waals surface area contributed by atoms with Gasteiger partial charge in [0.2, 0.25) is 0 Å². The Morgan fingerprint density at radius 3 is 2.55 bits per heavy atom. The number of amides is 1. The molecule has 0 aliphatic rings. The molecule has 0 bridgehead atoms. The predicted molar refractivity (Wildman–Crippen MR) is 89.9 cm³/mol. The van der Waals surface area contributed by atoms with Gasteiger partial charge >= 0.3 is 0 Å². The van der Waals surface area contributed by atoms with Crippen molar-refractivity contribution in [2.45, 2.75) is 13.5 Å². The average molecular weight is 308 g/mol. The topological polar surface area (TPSA) is 42.0 Å². The van der Waals surface area contributed by atoms with E-state index < -0.39 is 0 Å². The fraction of sp³-hybridized carbons (Fsp3) is 0.111. The van der Waals surface area contributed by atoms with Crippen molar-refractivity contribution in [2.24, 2.45) is 0 Å². The van der Waals surface area contributed by atoms with Crippen LogP contribution in [-0.4, -0.2) is 10.9 Å². The Bertz CT molecular complexity index is 763. The molecule has 110 valence electrons. The quantitative estimate of drug-likeness (QED) is 0.790. The molecule has 3 aromatic rings. The molecule has 1 N–H and O–H groups in total. The van der Waals surface area contributed by atoms with Crippen molar-refractivity contribution in [1.29, 1.82) is 0 Å². The molecule has 0 radical (unpaired) electrons. The largest absolute Gasteiger partial charge is 0.346 e. The highest BCUT2D eigenvalue weighted by molar-refractivity contribution is 7.09. The number of benzene rings is 2. The molecule has 3 rings (SSSR count). The van der Waals surface area contributed by atoms with Crippen molar-refractivity contribution in [3.63, 3.8) is 0 Å². The van der Waals surface area contributed by atoms with Gasteiger partial charge in [-0.15, -0.1) is 11.3 Å². The summed E-state index contributed by atoms with van der Waals surface area (Å²) >= 11 is 1.56. The first-order valence-corrected chi connectivity index (χ1v) is 7.95. The second kappa shape index (κ2) is 6.54. The normalized spacial score (nSPS) is 10.4. The SMILES string of the molecule is Cc1ccc(C(=O)NCc2nc(-c3ccccc3)cs2)cc1. The maximum atomic E-state index is 12.1. The molecule has 1 amide bonds. The Morgan fingerprint density at radius 1 is 1.09 bits per heavy atom. The third-order valence-electron chi connectivity index (χ3n) is 3.34. The molecule has 22 heavy (non-hydrogen) atoms. The summed E-state index contributed by atoms with van der Waals surface area (Å²) in [6, 6.07) is 17.6. The number of carbonyl (C=O) groups is 1. The van der Waals surface area contributed by atoms with Crippen molar-refractivity contribution >= 4 is 17.2 Å². The van der Waals surface area contributed by atoms with Crippen LogP contribution in [0.4, 0.5) is 0 Å². The lowest BCUT2D eigenvalue weighted by atomic mass is 10.1. The molecular weight excluding hydrogens is 292 g/mol. The summed E-state index contributed by atoms with van der Waals surface area (Å²) in [5.74, 6) is -0.0727.